The van der Waals surface area contributed by atoms with Crippen LogP contribution in [0.5, 0.6) is 11.5 Å². The molecule has 0 aliphatic heterocycles. The third-order valence-electron chi connectivity index (χ3n) is 4.64. The Balaban J connectivity index is 1.84. The molecule has 31 heavy (non-hydrogen) atoms. The highest BCUT2D eigenvalue weighted by molar-refractivity contribution is 7.14. The maximum atomic E-state index is 12.5. The molecule has 0 radical (unpaired) electrons. The van der Waals surface area contributed by atoms with Crippen molar-refractivity contribution in [3.8, 4) is 11.5 Å². The van der Waals surface area contributed by atoms with Crippen molar-refractivity contribution in [1.82, 2.24) is 4.98 Å². The first-order valence-electron chi connectivity index (χ1n) is 9.49. The average Bonchev–Trinajstić information content (AvgIpc) is 3.16. The minimum Gasteiger partial charge on any atom is -0.493 e. The fraction of sp³-hybridized carbons (Fsp3) is 0.273. The van der Waals surface area contributed by atoms with Gasteiger partial charge in [-0.2, -0.15) is 0 Å². The van der Waals surface area contributed by atoms with Gasteiger partial charge in [-0.05, 0) is 38.0 Å². The number of benzene rings is 2. The van der Waals surface area contributed by atoms with Gasteiger partial charge in [-0.3, -0.25) is 19.8 Å². The SMILES string of the molecule is COc1cc([N+](=O)[O-])ccc1OCc1csc(N(C(C)=O)c2c(C)cc(C)cc2C)n1. The number of carbonyl (C=O) groups excluding carboxylic acids is 1. The molecular weight excluding hydrogens is 418 g/mol. The fourth-order valence-electron chi connectivity index (χ4n) is 3.42. The van der Waals surface area contributed by atoms with Crippen LogP contribution in [-0.2, 0) is 11.4 Å². The molecular formula is C22H23N3O5S. The first-order valence-corrected chi connectivity index (χ1v) is 10.4. The second-order valence-electron chi connectivity index (χ2n) is 7.10. The highest BCUT2D eigenvalue weighted by Gasteiger charge is 2.22. The summed E-state index contributed by atoms with van der Waals surface area (Å²) in [6.45, 7) is 7.61. The third kappa shape index (κ3) is 4.83. The normalized spacial score (nSPS) is 10.6. The molecule has 0 spiro atoms. The van der Waals surface area contributed by atoms with E-state index < -0.39 is 4.92 Å². The van der Waals surface area contributed by atoms with Crippen molar-refractivity contribution in [2.75, 3.05) is 12.0 Å². The Bertz CT molecular complexity index is 1120. The van der Waals surface area contributed by atoms with Crippen LogP contribution in [0.15, 0.2) is 35.7 Å². The summed E-state index contributed by atoms with van der Waals surface area (Å²) in [5.74, 6) is 0.506. The van der Waals surface area contributed by atoms with Crippen molar-refractivity contribution < 1.29 is 19.2 Å². The van der Waals surface area contributed by atoms with Crippen LogP contribution in [0.4, 0.5) is 16.5 Å². The molecule has 162 valence electrons. The quantitative estimate of drug-likeness (QED) is 0.367. The summed E-state index contributed by atoms with van der Waals surface area (Å²) in [7, 11) is 1.42. The molecule has 0 bridgehead atoms. The Morgan fingerprint density at radius 3 is 2.42 bits per heavy atom. The van der Waals surface area contributed by atoms with Crippen molar-refractivity contribution in [2.24, 2.45) is 0 Å². The monoisotopic (exact) mass is 441 g/mol. The lowest BCUT2D eigenvalue weighted by atomic mass is 10.0. The number of anilines is 2. The number of nitrogens with zero attached hydrogens (tertiary/aromatic N) is 3. The number of nitro benzene ring substituents is 1. The van der Waals surface area contributed by atoms with Crippen LogP contribution >= 0.6 is 11.3 Å². The topological polar surface area (TPSA) is 94.8 Å². The van der Waals surface area contributed by atoms with Crippen LogP contribution in [0.1, 0.15) is 29.3 Å². The lowest BCUT2D eigenvalue weighted by Crippen LogP contribution is -2.24. The van der Waals surface area contributed by atoms with E-state index in [2.05, 4.69) is 4.98 Å². The summed E-state index contributed by atoms with van der Waals surface area (Å²) >= 11 is 1.35. The van der Waals surface area contributed by atoms with Crippen LogP contribution in [0.25, 0.3) is 0 Å². The van der Waals surface area contributed by atoms with E-state index >= 15 is 0 Å². The zero-order valence-electron chi connectivity index (χ0n) is 18.0. The summed E-state index contributed by atoms with van der Waals surface area (Å²) in [6, 6.07) is 8.23. The summed E-state index contributed by atoms with van der Waals surface area (Å²) in [5, 5.41) is 13.3. The molecule has 0 aliphatic carbocycles. The number of methoxy groups -OCH3 is 1. The van der Waals surface area contributed by atoms with E-state index in [4.69, 9.17) is 9.47 Å². The van der Waals surface area contributed by atoms with Crippen LogP contribution in [0.2, 0.25) is 0 Å². The largest absolute Gasteiger partial charge is 0.493 e. The number of non-ortho nitro benzene ring substituents is 1. The van der Waals surface area contributed by atoms with Gasteiger partial charge in [-0.25, -0.2) is 4.98 Å². The van der Waals surface area contributed by atoms with E-state index in [1.807, 2.05) is 38.3 Å². The van der Waals surface area contributed by atoms with Crippen molar-refractivity contribution in [2.45, 2.75) is 34.3 Å². The van der Waals surface area contributed by atoms with E-state index in [0.29, 0.717) is 16.6 Å². The predicted octanol–water partition coefficient (Wildman–Crippen LogP) is 5.25. The highest BCUT2D eigenvalue weighted by Crippen LogP contribution is 2.35. The Kier molecular flexibility index (Phi) is 6.55. The molecule has 0 N–H and O–H groups in total. The standard InChI is InChI=1S/C22H23N3O5S/c1-13-8-14(2)21(15(3)9-13)24(16(4)26)22-23-17(12-31-22)11-30-19-7-6-18(25(27)28)10-20(19)29-5/h6-10,12H,11H2,1-5H3. The number of aromatic nitrogens is 1. The molecule has 3 rings (SSSR count). The van der Waals surface area contributed by atoms with Gasteiger partial charge in [0.05, 0.1) is 29.5 Å². The maximum absolute atomic E-state index is 12.5. The van der Waals surface area contributed by atoms with E-state index in [9.17, 15) is 14.9 Å². The third-order valence-corrected chi connectivity index (χ3v) is 5.51. The first kappa shape index (κ1) is 22.2. The second kappa shape index (κ2) is 9.13. The molecule has 0 saturated heterocycles. The van der Waals surface area contributed by atoms with Crippen molar-refractivity contribution in [1.29, 1.82) is 0 Å². The number of rotatable bonds is 7. The lowest BCUT2D eigenvalue weighted by Gasteiger charge is -2.23. The highest BCUT2D eigenvalue weighted by atomic mass is 32.1. The lowest BCUT2D eigenvalue weighted by molar-refractivity contribution is -0.385. The Labute approximate surface area is 184 Å². The summed E-state index contributed by atoms with van der Waals surface area (Å²) in [6.07, 6.45) is 0. The second-order valence-corrected chi connectivity index (χ2v) is 7.94. The molecule has 2 aromatic carbocycles. The summed E-state index contributed by atoms with van der Waals surface area (Å²) in [4.78, 5) is 29.1. The number of thiazole rings is 1. The summed E-state index contributed by atoms with van der Waals surface area (Å²) < 4.78 is 11.0. The van der Waals surface area contributed by atoms with Crippen molar-refractivity contribution >= 4 is 33.8 Å². The van der Waals surface area contributed by atoms with Crippen molar-refractivity contribution in [3.63, 3.8) is 0 Å². The molecule has 1 heterocycles. The first-order chi connectivity index (χ1) is 14.7. The van der Waals surface area contributed by atoms with Gasteiger partial charge in [-0.1, -0.05) is 17.7 Å². The number of aryl methyl sites for hydroxylation is 3. The molecule has 8 nitrogen and oxygen atoms in total. The van der Waals surface area contributed by atoms with E-state index in [1.54, 1.807) is 4.90 Å². The minimum atomic E-state index is -0.496. The van der Waals surface area contributed by atoms with Gasteiger partial charge in [0, 0.05) is 18.4 Å². The van der Waals surface area contributed by atoms with Crippen LogP contribution in [-0.4, -0.2) is 22.9 Å². The maximum Gasteiger partial charge on any atom is 0.273 e. The van der Waals surface area contributed by atoms with Gasteiger partial charge in [0.25, 0.3) is 5.69 Å². The van der Waals surface area contributed by atoms with Crippen molar-refractivity contribution in [3.05, 3.63) is 68.2 Å². The molecule has 9 heteroatoms. The molecule has 3 aromatic rings. The van der Waals surface area contributed by atoms with Gasteiger partial charge >= 0.3 is 0 Å². The Hall–Kier alpha value is -3.46. The molecule has 0 saturated carbocycles. The van der Waals surface area contributed by atoms with Gasteiger partial charge in [0.1, 0.15) is 6.61 Å². The number of amides is 1. The zero-order chi connectivity index (χ0) is 22.7. The fourth-order valence-corrected chi connectivity index (χ4v) is 4.28. The minimum absolute atomic E-state index is 0.0823. The average molecular weight is 442 g/mol. The number of carbonyl (C=O) groups is 1. The molecule has 0 aliphatic rings. The van der Waals surface area contributed by atoms with Crippen LogP contribution < -0.4 is 14.4 Å². The number of ether oxygens (including phenoxy) is 2. The number of nitro groups is 1. The molecule has 0 fully saturated rings. The molecule has 1 aromatic heterocycles. The molecule has 0 unspecified atom stereocenters. The van der Waals surface area contributed by atoms with E-state index in [-0.39, 0.29) is 24.0 Å². The molecule has 1 amide bonds. The van der Waals surface area contributed by atoms with E-state index in [0.717, 1.165) is 22.4 Å². The Morgan fingerprint density at radius 2 is 1.84 bits per heavy atom. The molecule has 0 atom stereocenters. The predicted molar refractivity (Wildman–Crippen MR) is 120 cm³/mol. The van der Waals surface area contributed by atoms with Gasteiger partial charge in [0.15, 0.2) is 16.6 Å². The number of hydrogen-bond donors (Lipinski definition) is 0. The zero-order valence-corrected chi connectivity index (χ0v) is 18.8. The van der Waals surface area contributed by atoms with Gasteiger partial charge in [-0.15, -0.1) is 11.3 Å². The van der Waals surface area contributed by atoms with E-state index in [1.165, 1.54) is 43.6 Å². The number of hydrogen-bond acceptors (Lipinski definition) is 7. The smallest absolute Gasteiger partial charge is 0.273 e. The summed E-state index contributed by atoms with van der Waals surface area (Å²) in [5.41, 5.74) is 4.51. The van der Waals surface area contributed by atoms with Crippen LogP contribution in [0.3, 0.4) is 0 Å². The Morgan fingerprint density at radius 1 is 1.16 bits per heavy atom. The van der Waals surface area contributed by atoms with Crippen LogP contribution in [0, 0.1) is 30.9 Å². The van der Waals surface area contributed by atoms with Gasteiger partial charge in [0.2, 0.25) is 5.91 Å². The van der Waals surface area contributed by atoms with Gasteiger partial charge < -0.3 is 9.47 Å².